The maximum Gasteiger partial charge on any atom is 0.0363 e. The fraction of sp³-hybridized carbons (Fsp3) is 0.368. The Morgan fingerprint density at radius 2 is 1.81 bits per heavy atom. The number of hydrogen-bond acceptors (Lipinski definition) is 2. The molecular formula is C19H26N2. The quantitative estimate of drug-likeness (QED) is 0.907. The van der Waals surface area contributed by atoms with Crippen LogP contribution in [-0.2, 0) is 6.42 Å². The van der Waals surface area contributed by atoms with E-state index < -0.39 is 0 Å². The molecule has 0 aliphatic rings. The fourth-order valence-electron chi connectivity index (χ4n) is 2.68. The van der Waals surface area contributed by atoms with Crippen LogP contribution in [0.3, 0.4) is 0 Å². The van der Waals surface area contributed by atoms with Crippen LogP contribution >= 0.6 is 0 Å². The van der Waals surface area contributed by atoms with Crippen LogP contribution in [0, 0.1) is 13.8 Å². The summed E-state index contributed by atoms with van der Waals surface area (Å²) in [6.07, 6.45) is 1.00. The molecule has 0 aliphatic heterocycles. The van der Waals surface area contributed by atoms with Gasteiger partial charge in [0, 0.05) is 25.7 Å². The molecule has 0 amide bonds. The van der Waals surface area contributed by atoms with E-state index in [1.165, 1.54) is 27.9 Å². The van der Waals surface area contributed by atoms with Crippen molar-refractivity contribution in [3.63, 3.8) is 0 Å². The van der Waals surface area contributed by atoms with Gasteiger partial charge in [0.05, 0.1) is 0 Å². The summed E-state index contributed by atoms with van der Waals surface area (Å²) in [5.74, 6) is 0.366. The van der Waals surface area contributed by atoms with Crippen molar-refractivity contribution < 1.29 is 0 Å². The number of hydrogen-bond donors (Lipinski definition) is 1. The summed E-state index contributed by atoms with van der Waals surface area (Å²) in [7, 11) is 4.14. The van der Waals surface area contributed by atoms with Crippen LogP contribution in [0.2, 0.25) is 0 Å². The van der Waals surface area contributed by atoms with E-state index in [-0.39, 0.29) is 0 Å². The molecule has 21 heavy (non-hydrogen) atoms. The van der Waals surface area contributed by atoms with E-state index >= 15 is 0 Å². The fourth-order valence-corrected chi connectivity index (χ4v) is 2.68. The number of rotatable bonds is 5. The topological polar surface area (TPSA) is 29.3 Å². The zero-order chi connectivity index (χ0) is 15.4. The van der Waals surface area contributed by atoms with Crippen molar-refractivity contribution in [2.75, 3.05) is 25.5 Å². The molecule has 0 saturated carbocycles. The predicted octanol–water partition coefficient (Wildman–Crippen LogP) is 3.65. The molecule has 2 N–H and O–H groups in total. The highest BCUT2D eigenvalue weighted by Crippen LogP contribution is 2.25. The monoisotopic (exact) mass is 282 g/mol. The molecule has 2 aromatic carbocycles. The van der Waals surface area contributed by atoms with E-state index in [1.54, 1.807) is 0 Å². The van der Waals surface area contributed by atoms with Crippen LogP contribution in [0.15, 0.2) is 42.5 Å². The molecule has 0 radical (unpaired) electrons. The van der Waals surface area contributed by atoms with Crippen LogP contribution in [0.4, 0.5) is 5.69 Å². The van der Waals surface area contributed by atoms with E-state index in [1.807, 2.05) is 0 Å². The second-order valence-electron chi connectivity index (χ2n) is 6.06. The van der Waals surface area contributed by atoms with Crippen LogP contribution in [-0.4, -0.2) is 20.6 Å². The van der Waals surface area contributed by atoms with Crippen molar-refractivity contribution in [1.29, 1.82) is 0 Å². The predicted molar refractivity (Wildman–Crippen MR) is 92.2 cm³/mol. The van der Waals surface area contributed by atoms with Gasteiger partial charge in [-0.05, 0) is 55.6 Å². The largest absolute Gasteiger partial charge is 0.378 e. The first-order chi connectivity index (χ1) is 10.0. The Morgan fingerprint density at radius 3 is 2.48 bits per heavy atom. The Balaban J connectivity index is 2.27. The average Bonchev–Trinajstić information content (AvgIpc) is 2.48. The molecule has 0 heterocycles. The van der Waals surface area contributed by atoms with Gasteiger partial charge in [-0.1, -0.05) is 35.9 Å². The first-order valence-corrected chi connectivity index (χ1v) is 7.54. The normalized spacial score (nSPS) is 12.2. The van der Waals surface area contributed by atoms with E-state index in [9.17, 15) is 0 Å². The number of anilines is 1. The number of aryl methyl sites for hydroxylation is 2. The highest BCUT2D eigenvalue weighted by molar-refractivity contribution is 5.48. The van der Waals surface area contributed by atoms with Crippen LogP contribution < -0.4 is 10.6 Å². The zero-order valence-electron chi connectivity index (χ0n) is 13.6. The molecule has 112 valence electrons. The zero-order valence-corrected chi connectivity index (χ0v) is 13.6. The van der Waals surface area contributed by atoms with E-state index in [2.05, 4.69) is 75.3 Å². The SMILES string of the molecule is Cc1ccc(C)c(CC(CN)c2cccc(N(C)C)c2)c1. The third-order valence-electron chi connectivity index (χ3n) is 4.11. The average molecular weight is 282 g/mol. The van der Waals surface area contributed by atoms with Crippen molar-refractivity contribution in [1.82, 2.24) is 0 Å². The van der Waals surface area contributed by atoms with Gasteiger partial charge in [-0.2, -0.15) is 0 Å². The maximum absolute atomic E-state index is 6.05. The first-order valence-electron chi connectivity index (χ1n) is 7.54. The second-order valence-corrected chi connectivity index (χ2v) is 6.06. The Morgan fingerprint density at radius 1 is 1.05 bits per heavy atom. The Bertz CT molecular complexity index is 602. The number of nitrogens with two attached hydrogens (primary N) is 1. The molecule has 0 saturated heterocycles. The van der Waals surface area contributed by atoms with Crippen molar-refractivity contribution in [3.8, 4) is 0 Å². The smallest absolute Gasteiger partial charge is 0.0363 e. The standard InChI is InChI=1S/C19H26N2/c1-14-8-9-15(2)17(10-14)11-18(13-20)16-6-5-7-19(12-16)21(3)4/h5-10,12,18H,11,13,20H2,1-4H3. The van der Waals surface area contributed by atoms with E-state index in [0.717, 1.165) is 6.42 Å². The molecule has 0 aromatic heterocycles. The van der Waals surface area contributed by atoms with Gasteiger partial charge in [0.2, 0.25) is 0 Å². The van der Waals surface area contributed by atoms with Crippen molar-refractivity contribution in [3.05, 3.63) is 64.7 Å². The minimum absolute atomic E-state index is 0.366. The third kappa shape index (κ3) is 3.85. The highest BCUT2D eigenvalue weighted by atomic mass is 15.1. The molecule has 2 nitrogen and oxygen atoms in total. The first kappa shape index (κ1) is 15.6. The summed E-state index contributed by atoms with van der Waals surface area (Å²) in [5, 5.41) is 0. The minimum Gasteiger partial charge on any atom is -0.378 e. The second kappa shape index (κ2) is 6.77. The van der Waals surface area contributed by atoms with Gasteiger partial charge in [-0.15, -0.1) is 0 Å². The molecule has 2 aromatic rings. The summed E-state index contributed by atoms with van der Waals surface area (Å²) >= 11 is 0. The molecule has 2 rings (SSSR count). The molecule has 1 atom stereocenters. The molecular weight excluding hydrogens is 256 g/mol. The van der Waals surface area contributed by atoms with Crippen LogP contribution in [0.5, 0.6) is 0 Å². The summed E-state index contributed by atoms with van der Waals surface area (Å²) in [6.45, 7) is 5.00. The molecule has 0 aliphatic carbocycles. The molecule has 0 bridgehead atoms. The summed E-state index contributed by atoms with van der Waals surface area (Å²) in [6, 6.07) is 15.4. The van der Waals surface area contributed by atoms with Crippen molar-refractivity contribution in [2.45, 2.75) is 26.2 Å². The van der Waals surface area contributed by atoms with Gasteiger partial charge in [0.15, 0.2) is 0 Å². The van der Waals surface area contributed by atoms with Gasteiger partial charge >= 0.3 is 0 Å². The Hall–Kier alpha value is -1.80. The van der Waals surface area contributed by atoms with Gasteiger partial charge in [-0.3, -0.25) is 0 Å². The highest BCUT2D eigenvalue weighted by Gasteiger charge is 2.13. The lowest BCUT2D eigenvalue weighted by Crippen LogP contribution is -2.16. The summed E-state index contributed by atoms with van der Waals surface area (Å²) in [5.41, 5.74) is 12.7. The van der Waals surface area contributed by atoms with Gasteiger partial charge in [0.1, 0.15) is 0 Å². The van der Waals surface area contributed by atoms with E-state index in [4.69, 9.17) is 5.73 Å². The van der Waals surface area contributed by atoms with Crippen LogP contribution in [0.25, 0.3) is 0 Å². The Kier molecular flexibility index (Phi) is 5.03. The molecule has 0 spiro atoms. The Labute approximate surface area is 128 Å². The van der Waals surface area contributed by atoms with Crippen molar-refractivity contribution >= 4 is 5.69 Å². The number of nitrogens with zero attached hydrogens (tertiary/aromatic N) is 1. The third-order valence-corrected chi connectivity index (χ3v) is 4.11. The molecule has 2 heteroatoms. The molecule has 0 fully saturated rings. The van der Waals surface area contributed by atoms with Gasteiger partial charge < -0.3 is 10.6 Å². The summed E-state index contributed by atoms with van der Waals surface area (Å²) < 4.78 is 0. The van der Waals surface area contributed by atoms with Gasteiger partial charge in [-0.25, -0.2) is 0 Å². The van der Waals surface area contributed by atoms with Gasteiger partial charge in [0.25, 0.3) is 0 Å². The summed E-state index contributed by atoms with van der Waals surface area (Å²) in [4.78, 5) is 2.13. The van der Waals surface area contributed by atoms with E-state index in [0.29, 0.717) is 12.5 Å². The lowest BCUT2D eigenvalue weighted by molar-refractivity contribution is 0.691. The lowest BCUT2D eigenvalue weighted by atomic mass is 9.89. The lowest BCUT2D eigenvalue weighted by Gasteiger charge is -2.20. The van der Waals surface area contributed by atoms with Crippen molar-refractivity contribution in [2.24, 2.45) is 5.73 Å². The number of benzene rings is 2. The minimum atomic E-state index is 0.366. The van der Waals surface area contributed by atoms with Crippen LogP contribution in [0.1, 0.15) is 28.2 Å². The maximum atomic E-state index is 6.05. The molecule has 1 unspecified atom stereocenters.